The lowest BCUT2D eigenvalue weighted by atomic mass is 10.1. The van der Waals surface area contributed by atoms with Crippen molar-refractivity contribution in [2.45, 2.75) is 44.6 Å². The van der Waals surface area contributed by atoms with Crippen molar-refractivity contribution in [2.24, 2.45) is 0 Å². The second-order valence-electron chi connectivity index (χ2n) is 6.73. The summed E-state index contributed by atoms with van der Waals surface area (Å²) < 4.78 is 0. The van der Waals surface area contributed by atoms with Crippen LogP contribution in [-0.4, -0.2) is 22.8 Å². The normalized spacial score (nSPS) is 14.6. The maximum Gasteiger partial charge on any atom is 0.274 e. The van der Waals surface area contributed by atoms with E-state index in [-0.39, 0.29) is 17.6 Å². The largest absolute Gasteiger partial charge is 0.349 e. The Labute approximate surface area is 158 Å². The van der Waals surface area contributed by atoms with Gasteiger partial charge in [-0.1, -0.05) is 25.7 Å². The third-order valence-corrected chi connectivity index (χ3v) is 4.72. The fourth-order valence-corrected chi connectivity index (χ4v) is 3.21. The smallest absolute Gasteiger partial charge is 0.274 e. The SMILES string of the molecule is N#Cc1ccc(NC(=O)c2cc(C(=O)NC3CCCCCC3)ccn2)cc1. The fourth-order valence-electron chi connectivity index (χ4n) is 3.21. The molecule has 0 radical (unpaired) electrons. The molecule has 6 nitrogen and oxygen atoms in total. The van der Waals surface area contributed by atoms with E-state index >= 15 is 0 Å². The first-order valence-electron chi connectivity index (χ1n) is 9.24. The van der Waals surface area contributed by atoms with E-state index in [1.165, 1.54) is 25.1 Å². The maximum atomic E-state index is 12.5. The van der Waals surface area contributed by atoms with Gasteiger partial charge >= 0.3 is 0 Å². The second-order valence-corrected chi connectivity index (χ2v) is 6.73. The molecule has 138 valence electrons. The van der Waals surface area contributed by atoms with E-state index in [1.54, 1.807) is 30.3 Å². The minimum atomic E-state index is -0.399. The lowest BCUT2D eigenvalue weighted by molar-refractivity contribution is 0.0933. The van der Waals surface area contributed by atoms with E-state index < -0.39 is 5.91 Å². The third kappa shape index (κ3) is 5.14. The van der Waals surface area contributed by atoms with Crippen LogP contribution in [0.1, 0.15) is 64.9 Å². The molecule has 1 heterocycles. The quantitative estimate of drug-likeness (QED) is 0.812. The van der Waals surface area contributed by atoms with Crippen molar-refractivity contribution in [1.82, 2.24) is 10.3 Å². The van der Waals surface area contributed by atoms with E-state index in [2.05, 4.69) is 15.6 Å². The number of rotatable bonds is 4. The molecule has 1 aromatic carbocycles. The van der Waals surface area contributed by atoms with Crippen LogP contribution in [0.15, 0.2) is 42.6 Å². The summed E-state index contributed by atoms with van der Waals surface area (Å²) in [5.41, 5.74) is 1.68. The van der Waals surface area contributed by atoms with Crippen LogP contribution >= 0.6 is 0 Å². The molecule has 1 aliphatic carbocycles. The topological polar surface area (TPSA) is 94.9 Å². The molecule has 2 N–H and O–H groups in total. The monoisotopic (exact) mass is 362 g/mol. The first kappa shape index (κ1) is 18.6. The van der Waals surface area contributed by atoms with Gasteiger partial charge in [-0.3, -0.25) is 14.6 Å². The molecule has 0 aliphatic heterocycles. The fraction of sp³-hybridized carbons (Fsp3) is 0.333. The van der Waals surface area contributed by atoms with Gasteiger partial charge in [-0.25, -0.2) is 0 Å². The molecule has 3 rings (SSSR count). The van der Waals surface area contributed by atoms with Crippen molar-refractivity contribution in [3.63, 3.8) is 0 Å². The van der Waals surface area contributed by atoms with Gasteiger partial charge in [0.15, 0.2) is 0 Å². The minimum absolute atomic E-state index is 0.170. The average Bonchev–Trinajstić information content (AvgIpc) is 2.97. The van der Waals surface area contributed by atoms with Crippen molar-refractivity contribution < 1.29 is 9.59 Å². The van der Waals surface area contributed by atoms with Gasteiger partial charge < -0.3 is 10.6 Å². The van der Waals surface area contributed by atoms with Gasteiger partial charge in [0.2, 0.25) is 0 Å². The van der Waals surface area contributed by atoms with Crippen molar-refractivity contribution in [2.75, 3.05) is 5.32 Å². The Kier molecular flexibility index (Phi) is 6.16. The standard InChI is InChI=1S/C21H22N4O2/c22-14-15-7-9-18(10-8-15)25-21(27)19-13-16(11-12-23-19)20(26)24-17-5-3-1-2-4-6-17/h7-13,17H,1-6H2,(H,24,26)(H,25,27). The predicted octanol–water partition coefficient (Wildman–Crippen LogP) is 3.66. The highest BCUT2D eigenvalue weighted by atomic mass is 16.2. The first-order valence-corrected chi connectivity index (χ1v) is 9.24. The number of nitrogens with one attached hydrogen (secondary N) is 2. The van der Waals surface area contributed by atoms with Gasteiger partial charge in [0.25, 0.3) is 11.8 Å². The van der Waals surface area contributed by atoms with E-state index in [0.29, 0.717) is 16.8 Å². The van der Waals surface area contributed by atoms with Crippen LogP contribution in [0.4, 0.5) is 5.69 Å². The lowest BCUT2D eigenvalue weighted by Gasteiger charge is -2.16. The molecule has 6 heteroatoms. The molecule has 27 heavy (non-hydrogen) atoms. The summed E-state index contributed by atoms with van der Waals surface area (Å²) >= 11 is 0. The highest BCUT2D eigenvalue weighted by molar-refractivity contribution is 6.04. The van der Waals surface area contributed by atoms with Crippen LogP contribution in [-0.2, 0) is 0 Å². The van der Waals surface area contributed by atoms with Gasteiger partial charge in [0.1, 0.15) is 5.69 Å². The number of benzene rings is 1. The Morgan fingerprint density at radius 2 is 1.70 bits per heavy atom. The summed E-state index contributed by atoms with van der Waals surface area (Å²) in [6.45, 7) is 0. The van der Waals surface area contributed by atoms with Crippen molar-refractivity contribution in [1.29, 1.82) is 5.26 Å². The summed E-state index contributed by atoms with van der Waals surface area (Å²) in [5.74, 6) is -0.569. The van der Waals surface area contributed by atoms with Crippen LogP contribution in [0.2, 0.25) is 0 Å². The zero-order valence-electron chi connectivity index (χ0n) is 15.1. The average molecular weight is 362 g/mol. The lowest BCUT2D eigenvalue weighted by Crippen LogP contribution is -2.34. The molecule has 1 aliphatic rings. The van der Waals surface area contributed by atoms with E-state index in [1.807, 2.05) is 6.07 Å². The summed E-state index contributed by atoms with van der Waals surface area (Å²) in [6.07, 6.45) is 8.20. The number of aromatic nitrogens is 1. The molecule has 1 saturated carbocycles. The van der Waals surface area contributed by atoms with Crippen LogP contribution in [0.25, 0.3) is 0 Å². The summed E-state index contributed by atoms with van der Waals surface area (Å²) in [7, 11) is 0. The zero-order chi connectivity index (χ0) is 19.1. The molecule has 1 aromatic heterocycles. The molecule has 0 bridgehead atoms. The Bertz CT molecular complexity index is 847. The van der Waals surface area contributed by atoms with E-state index in [9.17, 15) is 9.59 Å². The Morgan fingerprint density at radius 1 is 1.00 bits per heavy atom. The van der Waals surface area contributed by atoms with Crippen molar-refractivity contribution in [3.05, 3.63) is 59.4 Å². The number of amides is 2. The summed E-state index contributed by atoms with van der Waals surface area (Å²) in [4.78, 5) is 29.0. The van der Waals surface area contributed by atoms with Gasteiger partial charge in [0.05, 0.1) is 11.6 Å². The van der Waals surface area contributed by atoms with Crippen LogP contribution < -0.4 is 10.6 Å². The van der Waals surface area contributed by atoms with E-state index in [0.717, 1.165) is 25.7 Å². The van der Waals surface area contributed by atoms with E-state index in [4.69, 9.17) is 5.26 Å². The molecule has 0 saturated heterocycles. The Hall–Kier alpha value is -3.20. The molecule has 1 fully saturated rings. The highest BCUT2D eigenvalue weighted by Crippen LogP contribution is 2.18. The molecule has 0 atom stereocenters. The molecular weight excluding hydrogens is 340 g/mol. The second kappa shape index (κ2) is 8.95. The highest BCUT2D eigenvalue weighted by Gasteiger charge is 2.17. The third-order valence-electron chi connectivity index (χ3n) is 4.72. The number of anilines is 1. The summed E-state index contributed by atoms with van der Waals surface area (Å²) in [5, 5.41) is 14.6. The van der Waals surface area contributed by atoms with Crippen LogP contribution in [0.3, 0.4) is 0 Å². The van der Waals surface area contributed by atoms with Gasteiger partial charge in [0, 0.05) is 23.5 Å². The van der Waals surface area contributed by atoms with Crippen molar-refractivity contribution >= 4 is 17.5 Å². The van der Waals surface area contributed by atoms with Crippen LogP contribution in [0, 0.1) is 11.3 Å². The molecule has 0 unspecified atom stereocenters. The molecular formula is C21H22N4O2. The zero-order valence-corrected chi connectivity index (χ0v) is 15.1. The number of nitriles is 1. The van der Waals surface area contributed by atoms with Gasteiger partial charge in [-0.2, -0.15) is 5.26 Å². The first-order chi connectivity index (χ1) is 13.2. The number of carbonyl (C=O) groups excluding carboxylic acids is 2. The number of hydrogen-bond acceptors (Lipinski definition) is 4. The Morgan fingerprint density at radius 3 is 2.37 bits per heavy atom. The Balaban J connectivity index is 1.65. The molecule has 0 spiro atoms. The number of pyridine rings is 1. The number of nitrogens with zero attached hydrogens (tertiary/aromatic N) is 2. The minimum Gasteiger partial charge on any atom is -0.349 e. The van der Waals surface area contributed by atoms with Crippen LogP contribution in [0.5, 0.6) is 0 Å². The van der Waals surface area contributed by atoms with Gasteiger partial charge in [-0.05, 0) is 49.2 Å². The summed E-state index contributed by atoms with van der Waals surface area (Å²) in [6, 6.07) is 11.9. The van der Waals surface area contributed by atoms with Crippen molar-refractivity contribution in [3.8, 4) is 6.07 Å². The van der Waals surface area contributed by atoms with Gasteiger partial charge in [-0.15, -0.1) is 0 Å². The predicted molar refractivity (Wildman–Crippen MR) is 102 cm³/mol. The molecule has 2 aromatic rings. The maximum absolute atomic E-state index is 12.5. The molecule has 2 amide bonds. The number of hydrogen-bond donors (Lipinski definition) is 2. The number of carbonyl (C=O) groups is 2.